The Kier molecular flexibility index (Phi) is 25.6. The molecule has 0 fully saturated rings. The summed E-state index contributed by atoms with van der Waals surface area (Å²) in [7, 11) is -0.275. The average Bonchev–Trinajstić information content (AvgIpc) is 2.26. The summed E-state index contributed by atoms with van der Waals surface area (Å²) in [5, 5.41) is 7.32. The van der Waals surface area contributed by atoms with Gasteiger partial charge in [-0.2, -0.15) is 24.8 Å². The third-order valence-corrected chi connectivity index (χ3v) is 11.5. The van der Waals surface area contributed by atoms with E-state index in [1.54, 1.807) is 11.7 Å². The van der Waals surface area contributed by atoms with Gasteiger partial charge in [-0.3, -0.25) is 0 Å². The maximum absolute atomic E-state index is 7.32. The van der Waals surface area contributed by atoms with E-state index in [9.17, 15) is 0 Å². The first kappa shape index (κ1) is 32.7. The summed E-state index contributed by atoms with van der Waals surface area (Å²) in [6.45, 7) is 29.6. The van der Waals surface area contributed by atoms with Crippen molar-refractivity contribution in [1.82, 2.24) is 0 Å². The molecular formula is C20H46NP2Pd+. The average molecular weight is 469 g/mol. The third kappa shape index (κ3) is 17.8. The first-order valence-corrected chi connectivity index (χ1v) is 12.6. The van der Waals surface area contributed by atoms with E-state index < -0.39 is 0 Å². The summed E-state index contributed by atoms with van der Waals surface area (Å²) < 4.78 is 0. The van der Waals surface area contributed by atoms with Crippen molar-refractivity contribution in [2.75, 3.05) is 0 Å². The summed E-state index contributed by atoms with van der Waals surface area (Å²) in [5.74, 6) is 0. The van der Waals surface area contributed by atoms with E-state index in [2.05, 4.69) is 83.1 Å². The summed E-state index contributed by atoms with van der Waals surface area (Å²) in [6.07, 6.45) is 0. The second kappa shape index (κ2) is 18.8. The van der Waals surface area contributed by atoms with Crippen molar-refractivity contribution in [1.29, 1.82) is 5.26 Å². The zero-order valence-corrected chi connectivity index (χ0v) is 22.2. The first-order chi connectivity index (χ1) is 10.3. The van der Waals surface area contributed by atoms with Crippen LogP contribution in [0.2, 0.25) is 0 Å². The molecule has 0 rings (SSSR count). The summed E-state index contributed by atoms with van der Waals surface area (Å²) in [6, 6.07) is 1.75. The fourth-order valence-corrected chi connectivity index (χ4v) is 11.5. The molecule has 0 atom stereocenters. The minimum atomic E-state index is -0.179. The van der Waals surface area contributed by atoms with Gasteiger partial charge in [0.2, 0.25) is 0 Å². The smallest absolute Gasteiger partial charge is 0.0624 e. The van der Waals surface area contributed by atoms with Crippen LogP contribution < -0.4 is 0 Å². The largest absolute Gasteiger partial charge is 0.199 e. The van der Waals surface area contributed by atoms with E-state index in [1.165, 1.54) is 6.92 Å². The van der Waals surface area contributed by atoms with Crippen molar-refractivity contribution >= 4 is 15.8 Å². The molecule has 0 radical (unpaired) electrons. The van der Waals surface area contributed by atoms with Crippen LogP contribution in [0.25, 0.3) is 0 Å². The molecule has 0 aromatic carbocycles. The Morgan fingerprint density at radius 2 is 0.875 bits per heavy atom. The molecule has 0 amide bonds. The topological polar surface area (TPSA) is 23.8 Å². The van der Waals surface area contributed by atoms with Gasteiger partial charge >= 0.3 is 0 Å². The second-order valence-electron chi connectivity index (χ2n) is 7.95. The van der Waals surface area contributed by atoms with Gasteiger partial charge in [-0.15, -0.1) is 7.92 Å². The van der Waals surface area contributed by atoms with Gasteiger partial charge in [0.15, 0.2) is 0 Å². The van der Waals surface area contributed by atoms with Gasteiger partial charge in [-0.25, -0.2) is 0 Å². The van der Waals surface area contributed by atoms with Gasteiger partial charge in [0, 0.05) is 46.6 Å². The number of rotatable bonds is 6. The molecule has 0 bridgehead atoms. The fourth-order valence-electron chi connectivity index (χ4n) is 3.82. The maximum atomic E-state index is 7.32. The Bertz CT molecular complexity index is 232. The molecule has 24 heavy (non-hydrogen) atoms. The quantitative estimate of drug-likeness (QED) is 0.224. The monoisotopic (exact) mass is 468 g/mol. The Hall–Kier alpha value is 1.01. The summed E-state index contributed by atoms with van der Waals surface area (Å²) in [4.78, 5) is 0. The zero-order chi connectivity index (χ0) is 19.3. The molecule has 0 unspecified atom stereocenters. The Morgan fingerprint density at radius 3 is 0.875 bits per heavy atom. The summed E-state index contributed by atoms with van der Waals surface area (Å²) in [5.41, 5.74) is 6.28. The van der Waals surface area contributed by atoms with Crippen LogP contribution in [0.1, 0.15) is 90.0 Å². The fraction of sp³-hybridized carbons (Fsp3) is 0.900. The van der Waals surface area contributed by atoms with E-state index in [4.69, 9.17) is 5.26 Å². The van der Waals surface area contributed by atoms with Crippen LogP contribution in [0.4, 0.5) is 0 Å². The molecular weight excluding hydrogens is 423 g/mol. The van der Waals surface area contributed by atoms with Gasteiger partial charge in [0.1, 0.15) is 0 Å². The van der Waals surface area contributed by atoms with Crippen LogP contribution in [0.3, 0.4) is 0 Å². The molecule has 0 aliphatic heterocycles. The van der Waals surface area contributed by atoms with Crippen molar-refractivity contribution in [2.24, 2.45) is 0 Å². The normalized spacial score (nSPS) is 10.8. The van der Waals surface area contributed by atoms with Crippen LogP contribution in [0.5, 0.6) is 0 Å². The SMILES string of the molecule is CC#N.CC(C)[PH+](C(C)C)C(C)C.C[C-](C)[PH+](C(C)C)C(C)C.[Pd]. The second-order valence-corrected chi connectivity index (χ2v) is 16.6. The maximum Gasteiger partial charge on any atom is 0.0624 e. The van der Waals surface area contributed by atoms with Gasteiger partial charge in [-0.05, 0) is 69.2 Å². The van der Waals surface area contributed by atoms with E-state index in [0.717, 1.165) is 28.3 Å². The first-order valence-electron chi connectivity index (χ1n) is 9.19. The van der Waals surface area contributed by atoms with E-state index in [1.807, 2.05) is 0 Å². The Morgan fingerprint density at radius 1 is 0.667 bits per heavy atom. The summed E-state index contributed by atoms with van der Waals surface area (Å²) >= 11 is 0. The molecule has 0 saturated heterocycles. The Balaban J connectivity index is -0.000000138. The molecule has 0 heterocycles. The van der Waals surface area contributed by atoms with Crippen LogP contribution in [-0.4, -0.2) is 28.3 Å². The van der Waals surface area contributed by atoms with Gasteiger partial charge < -0.3 is 0 Å². The van der Waals surface area contributed by atoms with Gasteiger partial charge in [-0.1, -0.05) is 0 Å². The van der Waals surface area contributed by atoms with Crippen molar-refractivity contribution in [2.45, 2.75) is 118 Å². The number of hydrogen-bond donors (Lipinski definition) is 0. The molecule has 0 aromatic heterocycles. The van der Waals surface area contributed by atoms with Crippen molar-refractivity contribution in [3.05, 3.63) is 5.66 Å². The molecule has 0 saturated carbocycles. The van der Waals surface area contributed by atoms with Gasteiger partial charge in [0.05, 0.1) is 23.0 Å². The zero-order valence-electron chi connectivity index (χ0n) is 18.7. The standard InChI is InChI=1S/2C9H21P.C2H3N.Pd/c2*1-7(2)10(8(3)4)9(5)6;1-2-3;/h7-8,10H,1-6H3;7-9H,1-6H3;1H3;/p+1. The van der Waals surface area contributed by atoms with Crippen LogP contribution in [-0.2, 0) is 20.4 Å². The van der Waals surface area contributed by atoms with Gasteiger partial charge in [0.25, 0.3) is 0 Å². The molecule has 0 N–H and O–H groups in total. The molecule has 150 valence electrons. The molecule has 0 aromatic rings. The van der Waals surface area contributed by atoms with Crippen LogP contribution in [0, 0.1) is 17.0 Å². The molecule has 1 nitrogen and oxygen atoms in total. The van der Waals surface area contributed by atoms with E-state index in [-0.39, 0.29) is 36.3 Å². The van der Waals surface area contributed by atoms with Crippen molar-refractivity contribution < 1.29 is 20.4 Å². The predicted molar refractivity (Wildman–Crippen MR) is 118 cm³/mol. The molecule has 0 aliphatic carbocycles. The minimum Gasteiger partial charge on any atom is -0.199 e. The number of nitriles is 1. The number of nitrogens with zero attached hydrogens (tertiary/aromatic N) is 1. The molecule has 0 spiro atoms. The van der Waals surface area contributed by atoms with Crippen molar-refractivity contribution in [3.8, 4) is 6.07 Å². The Labute approximate surface area is 171 Å². The van der Waals surface area contributed by atoms with Crippen molar-refractivity contribution in [3.63, 3.8) is 0 Å². The van der Waals surface area contributed by atoms with E-state index in [0.29, 0.717) is 0 Å². The predicted octanol–water partition coefficient (Wildman–Crippen LogP) is 7.54. The molecule has 0 aliphatic rings. The third-order valence-electron chi connectivity index (χ3n) is 3.82. The van der Waals surface area contributed by atoms with Crippen LogP contribution >= 0.6 is 15.8 Å². The number of hydrogen-bond acceptors (Lipinski definition) is 1. The minimum absolute atomic E-state index is 0. The van der Waals surface area contributed by atoms with E-state index >= 15 is 0 Å². The van der Waals surface area contributed by atoms with Crippen LogP contribution in [0.15, 0.2) is 0 Å². The molecule has 4 heteroatoms.